The first kappa shape index (κ1) is 27.8. The van der Waals surface area contributed by atoms with Gasteiger partial charge in [0.25, 0.3) is 0 Å². The molecule has 0 saturated carbocycles. The van der Waals surface area contributed by atoms with E-state index in [2.05, 4.69) is 57.7 Å². The summed E-state index contributed by atoms with van der Waals surface area (Å²) in [6.07, 6.45) is 0. The Morgan fingerprint density at radius 1 is 0.312 bits per heavy atom. The number of benzene rings is 7. The fourth-order valence-corrected chi connectivity index (χ4v) is 7.11. The second kappa shape index (κ2) is 11.1. The third kappa shape index (κ3) is 4.38. The molecule has 0 saturated heterocycles. The molecule has 9 aromatic rings. The average Bonchev–Trinajstić information content (AvgIpc) is 3.68. The van der Waals surface area contributed by atoms with E-state index in [0.717, 1.165) is 33.4 Å². The molecule has 0 bridgehead atoms. The van der Waals surface area contributed by atoms with Gasteiger partial charge >= 0.3 is 0 Å². The number of rotatable bonds is 6. The molecular weight excluding hydrogens is 588 g/mol. The molecule has 0 aliphatic carbocycles. The summed E-state index contributed by atoms with van der Waals surface area (Å²) in [5, 5.41) is 4.66. The summed E-state index contributed by atoms with van der Waals surface area (Å²) < 4.78 is 4.40. The lowest BCUT2D eigenvalue weighted by molar-refractivity contribution is 0.103. The van der Waals surface area contributed by atoms with E-state index in [9.17, 15) is 9.59 Å². The van der Waals surface area contributed by atoms with E-state index in [1.807, 2.05) is 97.1 Å². The van der Waals surface area contributed by atoms with E-state index in [1.54, 1.807) is 24.3 Å². The number of hydrogen-bond acceptors (Lipinski definition) is 2. The van der Waals surface area contributed by atoms with Gasteiger partial charge in [-0.25, -0.2) is 0 Å². The van der Waals surface area contributed by atoms with E-state index in [4.69, 9.17) is 0 Å². The van der Waals surface area contributed by atoms with Crippen LogP contribution in [0.4, 0.5) is 0 Å². The highest BCUT2D eigenvalue weighted by molar-refractivity contribution is 6.14. The third-order valence-electron chi connectivity index (χ3n) is 9.28. The number of nitrogens with zero attached hydrogens (tertiary/aromatic N) is 2. The molecule has 0 fully saturated rings. The highest BCUT2D eigenvalue weighted by Crippen LogP contribution is 2.33. The molecule has 0 unspecified atom stereocenters. The Bertz CT molecular complexity index is 2440. The molecule has 226 valence electrons. The molecule has 0 N–H and O–H groups in total. The van der Waals surface area contributed by atoms with Crippen LogP contribution in [0.1, 0.15) is 31.8 Å². The van der Waals surface area contributed by atoms with Crippen molar-refractivity contribution < 1.29 is 9.59 Å². The maximum absolute atomic E-state index is 13.9. The van der Waals surface area contributed by atoms with E-state index in [0.29, 0.717) is 22.3 Å². The van der Waals surface area contributed by atoms with Crippen molar-refractivity contribution in [3.05, 3.63) is 192 Å². The molecule has 0 aliphatic heterocycles. The Labute approximate surface area is 276 Å². The maximum Gasteiger partial charge on any atom is 0.193 e. The molecule has 4 heteroatoms. The number of aromatic nitrogens is 2. The average molecular weight is 617 g/mol. The van der Waals surface area contributed by atoms with Gasteiger partial charge in [0.15, 0.2) is 11.6 Å². The molecule has 0 radical (unpaired) electrons. The zero-order valence-electron chi connectivity index (χ0n) is 25.9. The van der Waals surface area contributed by atoms with Gasteiger partial charge in [0, 0.05) is 55.2 Å². The van der Waals surface area contributed by atoms with Crippen molar-refractivity contribution in [2.75, 3.05) is 0 Å². The smallest absolute Gasteiger partial charge is 0.193 e. The molecule has 0 aliphatic rings. The fourth-order valence-electron chi connectivity index (χ4n) is 7.11. The van der Waals surface area contributed by atoms with Crippen molar-refractivity contribution in [1.29, 1.82) is 0 Å². The molecule has 0 spiro atoms. The first-order valence-electron chi connectivity index (χ1n) is 16.0. The van der Waals surface area contributed by atoms with Crippen LogP contribution in [0, 0.1) is 0 Å². The van der Waals surface area contributed by atoms with Crippen molar-refractivity contribution in [2.24, 2.45) is 0 Å². The van der Waals surface area contributed by atoms with Crippen LogP contribution in [0.3, 0.4) is 0 Å². The van der Waals surface area contributed by atoms with Gasteiger partial charge in [0.05, 0.1) is 22.1 Å². The van der Waals surface area contributed by atoms with Crippen LogP contribution < -0.4 is 0 Å². The third-order valence-corrected chi connectivity index (χ3v) is 9.28. The zero-order valence-corrected chi connectivity index (χ0v) is 25.9. The van der Waals surface area contributed by atoms with Gasteiger partial charge in [0.2, 0.25) is 0 Å². The quantitative estimate of drug-likeness (QED) is 0.175. The highest BCUT2D eigenvalue weighted by Gasteiger charge is 2.18. The van der Waals surface area contributed by atoms with Crippen LogP contribution in [0.15, 0.2) is 170 Å². The van der Waals surface area contributed by atoms with Gasteiger partial charge in [0.1, 0.15) is 0 Å². The predicted octanol–water partition coefficient (Wildman–Crippen LogP) is 10.3. The number of fused-ring (bicyclic) bond motifs is 6. The summed E-state index contributed by atoms with van der Waals surface area (Å²) in [5.41, 5.74) is 8.22. The van der Waals surface area contributed by atoms with Crippen LogP contribution in [0.25, 0.3) is 55.0 Å². The monoisotopic (exact) mass is 616 g/mol. The van der Waals surface area contributed by atoms with Gasteiger partial charge < -0.3 is 9.13 Å². The van der Waals surface area contributed by atoms with Gasteiger partial charge in [-0.1, -0.05) is 115 Å². The Hall–Kier alpha value is -6.52. The Morgan fingerprint density at radius 2 is 0.604 bits per heavy atom. The van der Waals surface area contributed by atoms with Gasteiger partial charge in [-0.05, 0) is 54.6 Å². The number of para-hydroxylation sites is 4. The van der Waals surface area contributed by atoms with E-state index >= 15 is 0 Å². The highest BCUT2D eigenvalue weighted by atomic mass is 16.1. The van der Waals surface area contributed by atoms with E-state index < -0.39 is 0 Å². The number of hydrogen-bond donors (Lipinski definition) is 0. The lowest BCUT2D eigenvalue weighted by Crippen LogP contribution is -2.07. The number of carbonyl (C=O) groups is 2. The fraction of sp³-hybridized carbons (Fsp3) is 0. The van der Waals surface area contributed by atoms with Crippen LogP contribution >= 0.6 is 0 Å². The summed E-state index contributed by atoms with van der Waals surface area (Å²) in [7, 11) is 0. The standard InChI is InChI=1S/C44H28N2O2/c47-43(31-14-10-16-33(27-31)45-39-22-5-1-18-35(39)36-19-2-6-23-40(36)45)29-12-9-13-30(26-29)44(48)32-15-11-17-34(28-32)46-41-24-7-3-20-37(41)38-21-4-8-25-42(38)46/h1-28H. The summed E-state index contributed by atoms with van der Waals surface area (Å²) in [5.74, 6) is -0.266. The maximum atomic E-state index is 13.9. The van der Waals surface area contributed by atoms with Crippen molar-refractivity contribution >= 4 is 55.2 Å². The lowest BCUT2D eigenvalue weighted by Gasteiger charge is -2.11. The van der Waals surface area contributed by atoms with E-state index in [-0.39, 0.29) is 11.6 Å². The van der Waals surface area contributed by atoms with Crippen LogP contribution in [-0.2, 0) is 0 Å². The first-order chi connectivity index (χ1) is 23.7. The first-order valence-corrected chi connectivity index (χ1v) is 16.0. The molecular formula is C44H28N2O2. The van der Waals surface area contributed by atoms with Gasteiger partial charge in [-0.2, -0.15) is 0 Å². The summed E-state index contributed by atoms with van der Waals surface area (Å²) >= 11 is 0. The topological polar surface area (TPSA) is 44.0 Å². The van der Waals surface area contributed by atoms with E-state index in [1.165, 1.54) is 21.5 Å². The summed E-state index contributed by atoms with van der Waals surface area (Å²) in [4.78, 5) is 27.9. The lowest BCUT2D eigenvalue weighted by atomic mass is 9.97. The second-order valence-electron chi connectivity index (χ2n) is 12.1. The Morgan fingerprint density at radius 3 is 0.958 bits per heavy atom. The minimum absolute atomic E-state index is 0.133. The van der Waals surface area contributed by atoms with Crippen molar-refractivity contribution in [1.82, 2.24) is 9.13 Å². The Balaban J connectivity index is 1.07. The molecule has 2 aromatic heterocycles. The van der Waals surface area contributed by atoms with Gasteiger partial charge in [-0.15, -0.1) is 0 Å². The summed E-state index contributed by atoms with van der Waals surface area (Å²) in [6.45, 7) is 0. The van der Waals surface area contributed by atoms with Crippen molar-refractivity contribution in [3.63, 3.8) is 0 Å². The molecule has 9 rings (SSSR count). The van der Waals surface area contributed by atoms with Crippen LogP contribution in [0.2, 0.25) is 0 Å². The second-order valence-corrected chi connectivity index (χ2v) is 12.1. The largest absolute Gasteiger partial charge is 0.309 e. The zero-order chi connectivity index (χ0) is 32.2. The van der Waals surface area contributed by atoms with Gasteiger partial charge in [-0.3, -0.25) is 9.59 Å². The molecule has 4 nitrogen and oxygen atoms in total. The number of carbonyl (C=O) groups excluding carboxylic acids is 2. The molecule has 48 heavy (non-hydrogen) atoms. The molecule has 0 amide bonds. The molecule has 7 aromatic carbocycles. The van der Waals surface area contributed by atoms with Crippen molar-refractivity contribution in [2.45, 2.75) is 0 Å². The minimum atomic E-state index is -0.133. The molecule has 2 heterocycles. The normalized spacial score (nSPS) is 11.5. The number of ketones is 2. The SMILES string of the molecule is O=C(c1cccc(C(=O)c2cccc(-n3c4ccccc4c4ccccc43)c2)c1)c1cccc(-n2c3ccccc3c3ccccc32)c1. The molecule has 0 atom stereocenters. The predicted molar refractivity (Wildman–Crippen MR) is 195 cm³/mol. The minimum Gasteiger partial charge on any atom is -0.309 e. The van der Waals surface area contributed by atoms with Crippen molar-refractivity contribution in [3.8, 4) is 11.4 Å². The summed E-state index contributed by atoms with van der Waals surface area (Å²) in [6, 6.07) is 55.8. The van der Waals surface area contributed by atoms with Crippen LogP contribution in [0.5, 0.6) is 0 Å². The Kier molecular flexibility index (Phi) is 6.41. The van der Waals surface area contributed by atoms with Crippen LogP contribution in [-0.4, -0.2) is 20.7 Å².